The minimum atomic E-state index is -3.10. The minimum Gasteiger partial charge on any atom is -0.381 e. The Morgan fingerprint density at radius 1 is 1.25 bits per heavy atom. The van der Waals surface area contributed by atoms with Gasteiger partial charge in [0.05, 0.1) is 10.6 Å². The lowest BCUT2D eigenvalue weighted by Gasteiger charge is -2.32. The van der Waals surface area contributed by atoms with Gasteiger partial charge >= 0.3 is 0 Å². The third-order valence-electron chi connectivity index (χ3n) is 3.92. The number of piperidine rings is 1. The molecule has 2 rings (SSSR count). The molecule has 0 aliphatic carbocycles. The fraction of sp³-hybridized carbons (Fsp3) is 0.600. The van der Waals surface area contributed by atoms with Gasteiger partial charge in [-0.3, -0.25) is 0 Å². The van der Waals surface area contributed by atoms with Gasteiger partial charge in [-0.05, 0) is 50.2 Å². The van der Waals surface area contributed by atoms with Gasteiger partial charge in [0, 0.05) is 18.3 Å². The standard InChI is InChI=1S/C15H24N2O2S/c1-3-17-11-5-6-14(12-17)16-13-7-9-15(10-8-13)20(18,19)4-2/h7-10,14,16H,3-6,11-12H2,1-2H3. The maximum Gasteiger partial charge on any atom is 0.178 e. The van der Waals surface area contributed by atoms with E-state index in [4.69, 9.17) is 0 Å². The van der Waals surface area contributed by atoms with E-state index in [0.29, 0.717) is 10.9 Å². The van der Waals surface area contributed by atoms with Crippen molar-refractivity contribution in [3.63, 3.8) is 0 Å². The lowest BCUT2D eigenvalue weighted by Crippen LogP contribution is -2.41. The number of likely N-dealkylation sites (N-methyl/N-ethyl adjacent to an activating group) is 1. The highest BCUT2D eigenvalue weighted by Crippen LogP contribution is 2.19. The summed E-state index contributed by atoms with van der Waals surface area (Å²) in [5, 5.41) is 3.51. The number of nitrogens with one attached hydrogen (secondary N) is 1. The van der Waals surface area contributed by atoms with Crippen molar-refractivity contribution in [3.05, 3.63) is 24.3 Å². The molecule has 1 aliphatic heterocycles. The van der Waals surface area contributed by atoms with Crippen LogP contribution >= 0.6 is 0 Å². The van der Waals surface area contributed by atoms with E-state index < -0.39 is 9.84 Å². The number of hydrogen-bond acceptors (Lipinski definition) is 4. The van der Waals surface area contributed by atoms with Crippen LogP contribution in [0.4, 0.5) is 5.69 Å². The van der Waals surface area contributed by atoms with E-state index in [1.807, 2.05) is 12.1 Å². The van der Waals surface area contributed by atoms with E-state index in [-0.39, 0.29) is 5.75 Å². The van der Waals surface area contributed by atoms with Crippen LogP contribution in [0.5, 0.6) is 0 Å². The minimum absolute atomic E-state index is 0.147. The van der Waals surface area contributed by atoms with E-state index in [2.05, 4.69) is 17.1 Å². The first-order chi connectivity index (χ1) is 9.55. The molecule has 112 valence electrons. The monoisotopic (exact) mass is 296 g/mol. The lowest BCUT2D eigenvalue weighted by atomic mass is 10.1. The highest BCUT2D eigenvalue weighted by Gasteiger charge is 2.18. The van der Waals surface area contributed by atoms with E-state index in [0.717, 1.165) is 18.8 Å². The van der Waals surface area contributed by atoms with Crippen molar-refractivity contribution in [3.8, 4) is 0 Å². The first-order valence-electron chi connectivity index (χ1n) is 7.37. The number of anilines is 1. The molecule has 0 radical (unpaired) electrons. The Morgan fingerprint density at radius 2 is 1.95 bits per heavy atom. The molecule has 0 amide bonds. The Kier molecular flexibility index (Phi) is 5.05. The number of likely N-dealkylation sites (tertiary alicyclic amines) is 1. The Balaban J connectivity index is 2.00. The van der Waals surface area contributed by atoms with Gasteiger partial charge in [-0.2, -0.15) is 0 Å². The van der Waals surface area contributed by atoms with Crippen LogP contribution in [-0.2, 0) is 9.84 Å². The molecule has 1 unspecified atom stereocenters. The Hall–Kier alpha value is -1.07. The van der Waals surface area contributed by atoms with E-state index in [1.165, 1.54) is 19.4 Å². The Bertz CT molecular complexity index is 525. The summed E-state index contributed by atoms with van der Waals surface area (Å²) in [6, 6.07) is 7.58. The van der Waals surface area contributed by atoms with Gasteiger partial charge in [0.25, 0.3) is 0 Å². The van der Waals surface area contributed by atoms with Crippen LogP contribution < -0.4 is 5.32 Å². The van der Waals surface area contributed by atoms with Crippen LogP contribution in [0, 0.1) is 0 Å². The second-order valence-electron chi connectivity index (χ2n) is 5.30. The van der Waals surface area contributed by atoms with Crippen molar-refractivity contribution < 1.29 is 8.42 Å². The molecule has 1 fully saturated rings. The summed E-state index contributed by atoms with van der Waals surface area (Å²) in [4.78, 5) is 2.85. The molecule has 5 heteroatoms. The number of rotatable bonds is 5. The molecule has 1 heterocycles. The average Bonchev–Trinajstić information content (AvgIpc) is 2.48. The highest BCUT2D eigenvalue weighted by atomic mass is 32.2. The molecule has 1 aromatic rings. The van der Waals surface area contributed by atoms with Gasteiger partial charge in [0.2, 0.25) is 0 Å². The smallest absolute Gasteiger partial charge is 0.178 e. The van der Waals surface area contributed by atoms with Crippen LogP contribution in [0.1, 0.15) is 26.7 Å². The first-order valence-corrected chi connectivity index (χ1v) is 9.02. The summed E-state index contributed by atoms with van der Waals surface area (Å²) in [7, 11) is -3.10. The highest BCUT2D eigenvalue weighted by molar-refractivity contribution is 7.91. The summed E-state index contributed by atoms with van der Waals surface area (Å²) < 4.78 is 23.5. The Labute approximate surface area is 122 Å². The van der Waals surface area contributed by atoms with Gasteiger partial charge in [-0.15, -0.1) is 0 Å². The lowest BCUT2D eigenvalue weighted by molar-refractivity contribution is 0.227. The van der Waals surface area contributed by atoms with Gasteiger partial charge in [-0.1, -0.05) is 13.8 Å². The summed E-state index contributed by atoms with van der Waals surface area (Å²) in [5.41, 5.74) is 1.00. The van der Waals surface area contributed by atoms with Crippen molar-refractivity contribution in [1.29, 1.82) is 0 Å². The molecule has 1 saturated heterocycles. The van der Waals surface area contributed by atoms with E-state index in [9.17, 15) is 8.42 Å². The SMILES string of the molecule is CCN1CCCC(Nc2ccc(S(=O)(=O)CC)cc2)C1. The molecule has 1 aliphatic rings. The van der Waals surface area contributed by atoms with Gasteiger partial charge < -0.3 is 10.2 Å². The van der Waals surface area contributed by atoms with Crippen LogP contribution in [-0.4, -0.2) is 44.7 Å². The molecular formula is C15H24N2O2S. The number of hydrogen-bond donors (Lipinski definition) is 1. The fourth-order valence-electron chi connectivity index (χ4n) is 2.62. The zero-order valence-electron chi connectivity index (χ0n) is 12.3. The Morgan fingerprint density at radius 3 is 2.55 bits per heavy atom. The zero-order chi connectivity index (χ0) is 14.6. The molecular weight excluding hydrogens is 272 g/mol. The molecule has 0 saturated carbocycles. The van der Waals surface area contributed by atoms with Crippen LogP contribution in [0.2, 0.25) is 0 Å². The topological polar surface area (TPSA) is 49.4 Å². The van der Waals surface area contributed by atoms with E-state index in [1.54, 1.807) is 19.1 Å². The van der Waals surface area contributed by atoms with Crippen LogP contribution in [0.15, 0.2) is 29.2 Å². The predicted octanol–water partition coefficient (Wildman–Crippen LogP) is 2.38. The molecule has 0 bridgehead atoms. The largest absolute Gasteiger partial charge is 0.381 e. The number of sulfone groups is 1. The fourth-order valence-corrected chi connectivity index (χ4v) is 3.51. The van der Waals surface area contributed by atoms with Gasteiger partial charge in [0.1, 0.15) is 0 Å². The van der Waals surface area contributed by atoms with Crippen molar-refractivity contribution in [2.45, 2.75) is 37.6 Å². The number of benzene rings is 1. The third-order valence-corrected chi connectivity index (χ3v) is 5.67. The molecule has 1 N–H and O–H groups in total. The number of nitrogens with zero attached hydrogens (tertiary/aromatic N) is 1. The summed E-state index contributed by atoms with van der Waals surface area (Å²) in [6.45, 7) is 7.19. The molecule has 1 atom stereocenters. The summed E-state index contributed by atoms with van der Waals surface area (Å²) >= 11 is 0. The first kappa shape index (κ1) is 15.3. The maximum absolute atomic E-state index is 11.8. The normalized spacial score (nSPS) is 20.8. The summed E-state index contributed by atoms with van der Waals surface area (Å²) in [6.07, 6.45) is 2.39. The second-order valence-corrected chi connectivity index (χ2v) is 7.58. The van der Waals surface area contributed by atoms with E-state index >= 15 is 0 Å². The van der Waals surface area contributed by atoms with Crippen molar-refractivity contribution in [2.24, 2.45) is 0 Å². The van der Waals surface area contributed by atoms with Gasteiger partial charge in [0.15, 0.2) is 9.84 Å². The molecule has 20 heavy (non-hydrogen) atoms. The van der Waals surface area contributed by atoms with Gasteiger partial charge in [-0.25, -0.2) is 8.42 Å². The second kappa shape index (κ2) is 6.59. The maximum atomic E-state index is 11.8. The van der Waals surface area contributed by atoms with Crippen molar-refractivity contribution in [2.75, 3.05) is 30.7 Å². The molecule has 1 aromatic carbocycles. The van der Waals surface area contributed by atoms with Crippen molar-refractivity contribution >= 4 is 15.5 Å². The summed E-state index contributed by atoms with van der Waals surface area (Å²) in [5.74, 6) is 0.147. The zero-order valence-corrected chi connectivity index (χ0v) is 13.1. The quantitative estimate of drug-likeness (QED) is 0.906. The van der Waals surface area contributed by atoms with Crippen molar-refractivity contribution in [1.82, 2.24) is 4.90 Å². The molecule has 0 spiro atoms. The van der Waals surface area contributed by atoms with Crippen LogP contribution in [0.3, 0.4) is 0 Å². The predicted molar refractivity (Wildman–Crippen MR) is 82.9 cm³/mol. The molecule has 4 nitrogen and oxygen atoms in total. The van der Waals surface area contributed by atoms with Crippen LogP contribution in [0.25, 0.3) is 0 Å². The average molecular weight is 296 g/mol. The third kappa shape index (κ3) is 3.73. The molecule has 0 aromatic heterocycles.